The fourth-order valence-electron chi connectivity index (χ4n) is 4.77. The molecular weight excluding hydrogens is 352 g/mol. The summed E-state index contributed by atoms with van der Waals surface area (Å²) in [6.45, 7) is 0.671. The number of carbonyl (C=O) groups is 2. The van der Waals surface area contributed by atoms with Gasteiger partial charge in [-0.15, -0.1) is 0 Å². The van der Waals surface area contributed by atoms with Crippen LogP contribution >= 0.6 is 0 Å². The third kappa shape index (κ3) is 3.96. The van der Waals surface area contributed by atoms with Crippen LogP contribution in [0.15, 0.2) is 36.5 Å². The summed E-state index contributed by atoms with van der Waals surface area (Å²) in [4.78, 5) is 25.9. The van der Waals surface area contributed by atoms with E-state index in [9.17, 15) is 9.59 Å². The molecular formula is C22H28N4O2. The lowest BCUT2D eigenvalue weighted by atomic mass is 9.77. The molecule has 0 spiro atoms. The molecule has 3 N–H and O–H groups in total. The Morgan fingerprint density at radius 3 is 2.46 bits per heavy atom. The molecule has 6 heteroatoms. The van der Waals surface area contributed by atoms with Crippen molar-refractivity contribution in [3.8, 4) is 11.3 Å². The maximum Gasteiger partial charge on any atom is 0.240 e. The topological polar surface area (TPSA) is 92.1 Å². The van der Waals surface area contributed by atoms with E-state index in [4.69, 9.17) is 5.73 Å². The minimum absolute atomic E-state index is 0.105. The van der Waals surface area contributed by atoms with E-state index in [0.29, 0.717) is 31.2 Å². The van der Waals surface area contributed by atoms with Crippen molar-refractivity contribution in [2.75, 3.05) is 6.54 Å². The summed E-state index contributed by atoms with van der Waals surface area (Å²) in [5.41, 5.74) is 8.90. The Bertz CT molecular complexity index is 808. The zero-order chi connectivity index (χ0) is 19.5. The molecule has 1 aromatic heterocycles. The van der Waals surface area contributed by atoms with Crippen LogP contribution in [0.3, 0.4) is 0 Å². The van der Waals surface area contributed by atoms with E-state index in [2.05, 4.69) is 34.5 Å². The summed E-state index contributed by atoms with van der Waals surface area (Å²) in [6.07, 6.45) is 8.31. The standard InChI is InChI=1S/C22H28N4O2/c23-22(28)20-2-1-13-26(20)21(27)14-15-3-5-16(6-4-15)17-7-9-18(10-8-17)19-11-12-24-25-19/h7-12,15-16,20H,1-6,13-14H2,(H2,23,28)(H,24,25)/t15?,16?,20-/m0/s1. The van der Waals surface area contributed by atoms with Crippen molar-refractivity contribution in [1.82, 2.24) is 15.1 Å². The SMILES string of the molecule is NC(=O)[C@@H]1CCCN1C(=O)CC1CCC(c2ccc(-c3cc[nH]n3)cc2)CC1. The fraction of sp³-hybridized carbons (Fsp3) is 0.500. The van der Waals surface area contributed by atoms with Crippen LogP contribution in [0.5, 0.6) is 0 Å². The van der Waals surface area contributed by atoms with Gasteiger partial charge in [0.2, 0.25) is 11.8 Å². The van der Waals surface area contributed by atoms with Gasteiger partial charge in [0.05, 0.1) is 5.69 Å². The molecule has 4 rings (SSSR count). The molecule has 2 amide bonds. The van der Waals surface area contributed by atoms with E-state index in [1.54, 1.807) is 4.90 Å². The summed E-state index contributed by atoms with van der Waals surface area (Å²) in [5.74, 6) is 0.715. The van der Waals surface area contributed by atoms with Crippen molar-refractivity contribution < 1.29 is 9.59 Å². The van der Waals surface area contributed by atoms with Gasteiger partial charge in [0.25, 0.3) is 0 Å². The average Bonchev–Trinajstić information content (AvgIpc) is 3.41. The van der Waals surface area contributed by atoms with Crippen molar-refractivity contribution in [2.45, 2.75) is 56.9 Å². The molecule has 2 aliphatic rings. The number of likely N-dealkylation sites (tertiary alicyclic amines) is 1. The van der Waals surface area contributed by atoms with Crippen molar-refractivity contribution in [1.29, 1.82) is 0 Å². The predicted molar refractivity (Wildman–Crippen MR) is 107 cm³/mol. The number of nitrogens with two attached hydrogens (primary N) is 1. The van der Waals surface area contributed by atoms with Gasteiger partial charge in [0, 0.05) is 24.7 Å². The van der Waals surface area contributed by atoms with E-state index in [1.165, 1.54) is 5.56 Å². The summed E-state index contributed by atoms with van der Waals surface area (Å²) >= 11 is 0. The Balaban J connectivity index is 1.30. The lowest BCUT2D eigenvalue weighted by Crippen LogP contribution is -2.44. The summed E-state index contributed by atoms with van der Waals surface area (Å²) in [7, 11) is 0. The number of benzene rings is 1. The largest absolute Gasteiger partial charge is 0.368 e. The van der Waals surface area contributed by atoms with Gasteiger partial charge in [-0.2, -0.15) is 5.10 Å². The van der Waals surface area contributed by atoms with Crippen molar-refractivity contribution in [3.05, 3.63) is 42.1 Å². The number of hydrogen-bond donors (Lipinski definition) is 2. The highest BCUT2D eigenvalue weighted by Gasteiger charge is 2.34. The first-order valence-corrected chi connectivity index (χ1v) is 10.3. The molecule has 6 nitrogen and oxygen atoms in total. The molecule has 1 aliphatic carbocycles. The van der Waals surface area contributed by atoms with E-state index in [0.717, 1.165) is 43.4 Å². The van der Waals surface area contributed by atoms with Gasteiger partial charge in [-0.05, 0) is 62.0 Å². The number of rotatable bonds is 5. The van der Waals surface area contributed by atoms with Crippen LogP contribution in [0.25, 0.3) is 11.3 Å². The lowest BCUT2D eigenvalue weighted by Gasteiger charge is -2.30. The highest BCUT2D eigenvalue weighted by molar-refractivity contribution is 5.87. The third-order valence-electron chi connectivity index (χ3n) is 6.39. The predicted octanol–water partition coefficient (Wildman–Crippen LogP) is 3.22. The molecule has 0 unspecified atom stereocenters. The molecule has 28 heavy (non-hydrogen) atoms. The number of carbonyl (C=O) groups excluding carboxylic acids is 2. The number of aromatic nitrogens is 2. The summed E-state index contributed by atoms with van der Waals surface area (Å²) in [5, 5.41) is 7.07. The molecule has 148 valence electrons. The van der Waals surface area contributed by atoms with Crippen LogP contribution in [0, 0.1) is 5.92 Å². The van der Waals surface area contributed by atoms with E-state index >= 15 is 0 Å². The van der Waals surface area contributed by atoms with Crippen LogP contribution < -0.4 is 5.73 Å². The smallest absolute Gasteiger partial charge is 0.240 e. The Morgan fingerprint density at radius 2 is 1.82 bits per heavy atom. The molecule has 0 radical (unpaired) electrons. The highest BCUT2D eigenvalue weighted by atomic mass is 16.2. The van der Waals surface area contributed by atoms with Gasteiger partial charge < -0.3 is 10.6 Å². The number of nitrogens with one attached hydrogen (secondary N) is 1. The van der Waals surface area contributed by atoms with Gasteiger partial charge in [0.15, 0.2) is 0 Å². The zero-order valence-corrected chi connectivity index (χ0v) is 16.1. The molecule has 1 saturated carbocycles. The Labute approximate surface area is 165 Å². The summed E-state index contributed by atoms with van der Waals surface area (Å²) in [6, 6.07) is 10.3. The number of nitrogens with zero attached hydrogens (tertiary/aromatic N) is 2. The van der Waals surface area contributed by atoms with Crippen LogP contribution in [0.1, 0.15) is 56.4 Å². The van der Waals surface area contributed by atoms with Crippen molar-refractivity contribution in [2.24, 2.45) is 11.7 Å². The number of amides is 2. The summed E-state index contributed by atoms with van der Waals surface area (Å²) < 4.78 is 0. The molecule has 1 atom stereocenters. The van der Waals surface area contributed by atoms with E-state index < -0.39 is 6.04 Å². The van der Waals surface area contributed by atoms with Crippen LogP contribution in [-0.4, -0.2) is 39.5 Å². The third-order valence-corrected chi connectivity index (χ3v) is 6.39. The van der Waals surface area contributed by atoms with Crippen molar-refractivity contribution in [3.63, 3.8) is 0 Å². The first-order valence-electron chi connectivity index (χ1n) is 10.3. The Kier molecular flexibility index (Phi) is 5.46. The molecule has 2 fully saturated rings. The van der Waals surface area contributed by atoms with Gasteiger partial charge in [0.1, 0.15) is 6.04 Å². The van der Waals surface area contributed by atoms with E-state index in [1.807, 2.05) is 12.3 Å². The second-order valence-corrected chi connectivity index (χ2v) is 8.15. The van der Waals surface area contributed by atoms with E-state index in [-0.39, 0.29) is 11.8 Å². The van der Waals surface area contributed by atoms with Gasteiger partial charge in [-0.1, -0.05) is 24.3 Å². The fourth-order valence-corrected chi connectivity index (χ4v) is 4.77. The normalized spacial score (nSPS) is 25.0. The van der Waals surface area contributed by atoms with Crippen LogP contribution in [0.4, 0.5) is 0 Å². The number of hydrogen-bond acceptors (Lipinski definition) is 3. The Hall–Kier alpha value is -2.63. The van der Waals surface area contributed by atoms with Crippen molar-refractivity contribution >= 4 is 11.8 Å². The molecule has 1 saturated heterocycles. The molecule has 2 aromatic rings. The first-order chi connectivity index (χ1) is 13.6. The second-order valence-electron chi connectivity index (χ2n) is 8.15. The minimum Gasteiger partial charge on any atom is -0.368 e. The highest BCUT2D eigenvalue weighted by Crippen LogP contribution is 2.38. The monoisotopic (exact) mass is 380 g/mol. The second kappa shape index (κ2) is 8.17. The lowest BCUT2D eigenvalue weighted by molar-refractivity contribution is -0.138. The average molecular weight is 380 g/mol. The van der Waals surface area contributed by atoms with Gasteiger partial charge in [-0.25, -0.2) is 0 Å². The maximum atomic E-state index is 12.6. The molecule has 0 bridgehead atoms. The molecule has 1 aliphatic heterocycles. The van der Waals surface area contributed by atoms with Gasteiger partial charge >= 0.3 is 0 Å². The zero-order valence-electron chi connectivity index (χ0n) is 16.1. The Morgan fingerprint density at radius 1 is 1.07 bits per heavy atom. The number of H-pyrrole nitrogens is 1. The van der Waals surface area contributed by atoms with Gasteiger partial charge in [-0.3, -0.25) is 14.7 Å². The number of aromatic amines is 1. The van der Waals surface area contributed by atoms with Crippen LogP contribution in [0.2, 0.25) is 0 Å². The molecule has 1 aromatic carbocycles. The van der Waals surface area contributed by atoms with Crippen LogP contribution in [-0.2, 0) is 9.59 Å². The minimum atomic E-state index is -0.392. The molecule has 2 heterocycles. The maximum absolute atomic E-state index is 12.6. The number of primary amides is 1. The quantitative estimate of drug-likeness (QED) is 0.834. The first kappa shape index (κ1) is 18.7.